The number of rotatable bonds is 14. The van der Waals surface area contributed by atoms with Crippen LogP contribution in [-0.4, -0.2) is 14.5 Å². The molecular formula is C20H33N3O3. The van der Waals surface area contributed by atoms with Crippen molar-refractivity contribution in [3.63, 3.8) is 0 Å². The Balaban J connectivity index is 3.01. The lowest BCUT2D eigenvalue weighted by molar-refractivity contribution is 0.306. The summed E-state index contributed by atoms with van der Waals surface area (Å²) in [6.07, 6.45) is 13.4. The molecule has 6 heteroatoms. The molecule has 0 radical (unpaired) electrons. The standard InChI is InChI=1S/C20H33N3O3/c1-4-7-9-11-14-17(15-16(12-6-3)13-10-8-5-2)23-19(25)21-18(24)22-20(23)26/h5-6,16-17H,2-4,7-15H2,1H3,(H2,21,22,24,25,26). The molecule has 1 rings (SSSR count). The van der Waals surface area contributed by atoms with Crippen LogP contribution < -0.4 is 17.1 Å². The Kier molecular flexibility index (Phi) is 10.4. The molecule has 2 atom stereocenters. The first kappa shape index (κ1) is 21.9. The van der Waals surface area contributed by atoms with Gasteiger partial charge in [0.2, 0.25) is 0 Å². The Morgan fingerprint density at radius 3 is 2.23 bits per heavy atom. The van der Waals surface area contributed by atoms with Crippen LogP contribution in [-0.2, 0) is 0 Å². The zero-order valence-corrected chi connectivity index (χ0v) is 16.0. The summed E-state index contributed by atoms with van der Waals surface area (Å²) in [5, 5.41) is 0. The summed E-state index contributed by atoms with van der Waals surface area (Å²) in [6, 6.07) is -0.214. The van der Waals surface area contributed by atoms with E-state index < -0.39 is 17.1 Å². The van der Waals surface area contributed by atoms with E-state index in [4.69, 9.17) is 0 Å². The normalized spacial score (nSPS) is 13.3. The SMILES string of the molecule is C=CCCCC(CC=C)CC(CCCCCC)n1c(=O)[nH]c(=O)[nH]c1=O. The number of nitrogens with one attached hydrogen (secondary N) is 2. The largest absolute Gasteiger partial charge is 0.333 e. The minimum atomic E-state index is -0.755. The molecule has 0 aliphatic rings. The molecule has 0 aliphatic heterocycles. The lowest BCUT2D eigenvalue weighted by Crippen LogP contribution is -2.45. The van der Waals surface area contributed by atoms with Gasteiger partial charge in [-0.2, -0.15) is 0 Å². The predicted octanol–water partition coefficient (Wildman–Crippen LogP) is 3.68. The number of allylic oxidation sites excluding steroid dienone is 2. The molecule has 0 spiro atoms. The van der Waals surface area contributed by atoms with Gasteiger partial charge in [0.25, 0.3) is 0 Å². The number of aromatic amines is 2. The van der Waals surface area contributed by atoms with Crippen LogP contribution in [0.25, 0.3) is 0 Å². The van der Waals surface area contributed by atoms with E-state index in [-0.39, 0.29) is 6.04 Å². The van der Waals surface area contributed by atoms with Gasteiger partial charge in [-0.3, -0.25) is 9.97 Å². The summed E-state index contributed by atoms with van der Waals surface area (Å²) >= 11 is 0. The van der Waals surface area contributed by atoms with Crippen molar-refractivity contribution in [2.45, 2.75) is 77.2 Å². The molecule has 0 aliphatic carbocycles. The highest BCUT2D eigenvalue weighted by molar-refractivity contribution is 4.82. The fourth-order valence-electron chi connectivity index (χ4n) is 3.43. The van der Waals surface area contributed by atoms with E-state index in [2.05, 4.69) is 30.0 Å². The highest BCUT2D eigenvalue weighted by Crippen LogP contribution is 2.27. The Labute approximate surface area is 155 Å². The van der Waals surface area contributed by atoms with Crippen molar-refractivity contribution >= 4 is 0 Å². The maximum atomic E-state index is 12.2. The van der Waals surface area contributed by atoms with Gasteiger partial charge in [0.15, 0.2) is 0 Å². The highest BCUT2D eigenvalue weighted by atomic mass is 16.2. The fraction of sp³-hybridized carbons (Fsp3) is 0.650. The van der Waals surface area contributed by atoms with Crippen molar-refractivity contribution in [3.05, 3.63) is 56.8 Å². The molecule has 26 heavy (non-hydrogen) atoms. The van der Waals surface area contributed by atoms with Crippen molar-refractivity contribution in [2.75, 3.05) is 0 Å². The molecule has 0 saturated carbocycles. The second-order valence-corrected chi connectivity index (χ2v) is 6.91. The summed E-state index contributed by atoms with van der Waals surface area (Å²) in [7, 11) is 0. The third-order valence-electron chi connectivity index (χ3n) is 4.76. The van der Waals surface area contributed by atoms with Crippen LogP contribution in [0.15, 0.2) is 39.7 Å². The zero-order valence-electron chi connectivity index (χ0n) is 16.0. The molecule has 2 N–H and O–H groups in total. The van der Waals surface area contributed by atoms with E-state index in [1.807, 2.05) is 12.2 Å². The smallest absolute Gasteiger partial charge is 0.259 e. The Bertz CT molecular complexity index is 680. The fourth-order valence-corrected chi connectivity index (χ4v) is 3.43. The highest BCUT2D eigenvalue weighted by Gasteiger charge is 2.20. The summed E-state index contributed by atoms with van der Waals surface area (Å²) in [5.74, 6) is 0.349. The summed E-state index contributed by atoms with van der Waals surface area (Å²) in [6.45, 7) is 9.74. The first-order chi connectivity index (χ1) is 12.5. The molecule has 146 valence electrons. The molecule has 1 aromatic rings. The van der Waals surface area contributed by atoms with Gasteiger partial charge in [-0.15, -0.1) is 13.2 Å². The van der Waals surface area contributed by atoms with Crippen LogP contribution >= 0.6 is 0 Å². The van der Waals surface area contributed by atoms with Crippen molar-refractivity contribution in [2.24, 2.45) is 5.92 Å². The third-order valence-corrected chi connectivity index (χ3v) is 4.76. The first-order valence-electron chi connectivity index (χ1n) is 9.70. The van der Waals surface area contributed by atoms with Gasteiger partial charge in [-0.1, -0.05) is 44.8 Å². The predicted molar refractivity (Wildman–Crippen MR) is 107 cm³/mol. The Morgan fingerprint density at radius 1 is 0.962 bits per heavy atom. The molecule has 0 fully saturated rings. The first-order valence-corrected chi connectivity index (χ1v) is 9.70. The minimum absolute atomic E-state index is 0.214. The number of H-pyrrole nitrogens is 2. The van der Waals surface area contributed by atoms with Gasteiger partial charge in [-0.05, 0) is 44.4 Å². The average molecular weight is 364 g/mol. The van der Waals surface area contributed by atoms with Crippen molar-refractivity contribution in [1.82, 2.24) is 14.5 Å². The second kappa shape index (κ2) is 12.3. The maximum Gasteiger partial charge on any atom is 0.333 e. The number of hydrogen-bond acceptors (Lipinski definition) is 3. The molecule has 6 nitrogen and oxygen atoms in total. The molecule has 0 aromatic carbocycles. The maximum absolute atomic E-state index is 12.2. The van der Waals surface area contributed by atoms with Gasteiger partial charge < -0.3 is 0 Å². The van der Waals surface area contributed by atoms with E-state index in [1.165, 1.54) is 4.57 Å². The van der Waals surface area contributed by atoms with Crippen molar-refractivity contribution < 1.29 is 0 Å². The molecule has 0 amide bonds. The van der Waals surface area contributed by atoms with Crippen LogP contribution in [0.5, 0.6) is 0 Å². The van der Waals surface area contributed by atoms with Crippen LogP contribution in [0.3, 0.4) is 0 Å². The number of unbranched alkanes of at least 4 members (excludes halogenated alkanes) is 4. The van der Waals surface area contributed by atoms with E-state index in [9.17, 15) is 14.4 Å². The average Bonchev–Trinajstić information content (AvgIpc) is 2.57. The monoisotopic (exact) mass is 363 g/mol. The molecule has 0 saturated heterocycles. The van der Waals surface area contributed by atoms with Gasteiger partial charge in [-0.25, -0.2) is 19.0 Å². The quantitative estimate of drug-likeness (QED) is 0.390. The number of aromatic nitrogens is 3. The van der Waals surface area contributed by atoms with Crippen LogP contribution in [0.1, 0.15) is 77.2 Å². The van der Waals surface area contributed by atoms with Gasteiger partial charge in [0.05, 0.1) is 0 Å². The van der Waals surface area contributed by atoms with E-state index in [0.717, 1.165) is 64.2 Å². The van der Waals surface area contributed by atoms with Crippen LogP contribution in [0.2, 0.25) is 0 Å². The zero-order chi connectivity index (χ0) is 19.4. The lowest BCUT2D eigenvalue weighted by atomic mass is 9.89. The molecular weight excluding hydrogens is 330 g/mol. The van der Waals surface area contributed by atoms with Gasteiger partial charge in [0, 0.05) is 6.04 Å². The van der Waals surface area contributed by atoms with Crippen molar-refractivity contribution in [1.29, 1.82) is 0 Å². The summed E-state index contributed by atoms with van der Waals surface area (Å²) < 4.78 is 1.19. The lowest BCUT2D eigenvalue weighted by Gasteiger charge is -2.24. The minimum Gasteiger partial charge on any atom is -0.259 e. The van der Waals surface area contributed by atoms with Crippen LogP contribution in [0.4, 0.5) is 0 Å². The summed E-state index contributed by atoms with van der Waals surface area (Å²) in [4.78, 5) is 40.2. The van der Waals surface area contributed by atoms with Gasteiger partial charge in [0.1, 0.15) is 0 Å². The third kappa shape index (κ3) is 7.42. The summed E-state index contributed by atoms with van der Waals surface area (Å²) in [5.41, 5.74) is -2.00. The Morgan fingerprint density at radius 2 is 1.65 bits per heavy atom. The molecule has 1 heterocycles. The molecule has 0 bridgehead atoms. The second-order valence-electron chi connectivity index (χ2n) is 6.91. The van der Waals surface area contributed by atoms with Gasteiger partial charge >= 0.3 is 17.1 Å². The van der Waals surface area contributed by atoms with E-state index in [0.29, 0.717) is 5.92 Å². The Hall–Kier alpha value is -2.11. The topological polar surface area (TPSA) is 87.7 Å². The van der Waals surface area contributed by atoms with Crippen molar-refractivity contribution in [3.8, 4) is 0 Å². The van der Waals surface area contributed by atoms with E-state index >= 15 is 0 Å². The molecule has 2 unspecified atom stereocenters. The van der Waals surface area contributed by atoms with E-state index in [1.54, 1.807) is 0 Å². The number of nitrogens with zero attached hydrogens (tertiary/aromatic N) is 1. The van der Waals surface area contributed by atoms with Crippen LogP contribution in [0, 0.1) is 5.92 Å². The molecule has 1 aromatic heterocycles. The number of hydrogen-bond donors (Lipinski definition) is 2.